The lowest BCUT2D eigenvalue weighted by Gasteiger charge is -2.13. The van der Waals surface area contributed by atoms with Gasteiger partial charge in [0.25, 0.3) is 0 Å². The van der Waals surface area contributed by atoms with Gasteiger partial charge in [-0.2, -0.15) is 0 Å². The molecule has 0 amide bonds. The minimum atomic E-state index is -0.662. The predicted octanol–water partition coefficient (Wildman–Crippen LogP) is 3.75. The van der Waals surface area contributed by atoms with Crippen LogP contribution in [0.5, 0.6) is 0 Å². The van der Waals surface area contributed by atoms with Gasteiger partial charge in [0.1, 0.15) is 10.8 Å². The van der Waals surface area contributed by atoms with Gasteiger partial charge < -0.3 is 16.8 Å². The lowest BCUT2D eigenvalue weighted by Crippen LogP contribution is -2.10. The monoisotopic (exact) mass is 311 g/mol. The first-order valence-electron chi connectivity index (χ1n) is 6.42. The number of nitrogens with two attached hydrogens (primary N) is 2. The van der Waals surface area contributed by atoms with E-state index in [0.29, 0.717) is 13.0 Å². The number of rotatable bonds is 4. The fourth-order valence-corrected chi connectivity index (χ4v) is 2.26. The van der Waals surface area contributed by atoms with Crippen LogP contribution in [-0.4, -0.2) is 6.54 Å². The maximum atomic E-state index is 14.0. The highest BCUT2D eigenvalue weighted by atomic mass is 35.5. The molecular formula is C15H16ClF2N3. The van der Waals surface area contributed by atoms with Crippen LogP contribution < -0.4 is 16.8 Å². The number of benzene rings is 2. The summed E-state index contributed by atoms with van der Waals surface area (Å²) in [5, 5.41) is 2.76. The number of hydrogen-bond acceptors (Lipinski definition) is 3. The maximum absolute atomic E-state index is 14.0. The topological polar surface area (TPSA) is 64.1 Å². The van der Waals surface area contributed by atoms with Crippen molar-refractivity contribution in [3.05, 3.63) is 52.0 Å². The van der Waals surface area contributed by atoms with E-state index in [9.17, 15) is 8.78 Å². The van der Waals surface area contributed by atoms with Gasteiger partial charge in [-0.25, -0.2) is 8.78 Å². The second-order valence-corrected chi connectivity index (χ2v) is 5.18. The zero-order chi connectivity index (χ0) is 15.6. The highest BCUT2D eigenvalue weighted by molar-refractivity contribution is 6.33. The summed E-state index contributed by atoms with van der Waals surface area (Å²) in [6.45, 7) is 2.27. The molecule has 3 nitrogen and oxygen atoms in total. The largest absolute Gasteiger partial charge is 0.397 e. The molecule has 5 N–H and O–H groups in total. The van der Waals surface area contributed by atoms with Crippen LogP contribution >= 0.6 is 11.6 Å². The van der Waals surface area contributed by atoms with Gasteiger partial charge in [0, 0.05) is 6.54 Å². The van der Waals surface area contributed by atoms with Crippen molar-refractivity contribution >= 4 is 28.7 Å². The average Bonchev–Trinajstić information content (AvgIpc) is 2.42. The summed E-state index contributed by atoms with van der Waals surface area (Å²) in [7, 11) is 0. The van der Waals surface area contributed by atoms with Crippen LogP contribution in [0.15, 0.2) is 24.3 Å². The molecule has 21 heavy (non-hydrogen) atoms. The minimum Gasteiger partial charge on any atom is -0.397 e. The van der Waals surface area contributed by atoms with Crippen LogP contribution in [0.1, 0.15) is 11.1 Å². The van der Waals surface area contributed by atoms with Crippen LogP contribution in [0.4, 0.5) is 25.8 Å². The van der Waals surface area contributed by atoms with Gasteiger partial charge >= 0.3 is 0 Å². The molecule has 0 radical (unpaired) electrons. The van der Waals surface area contributed by atoms with Gasteiger partial charge in [0.15, 0.2) is 5.82 Å². The van der Waals surface area contributed by atoms with Crippen LogP contribution in [0.25, 0.3) is 0 Å². The Morgan fingerprint density at radius 2 is 1.86 bits per heavy atom. The molecule has 0 aromatic heterocycles. The maximum Gasteiger partial charge on any atom is 0.169 e. The molecule has 2 aromatic rings. The summed E-state index contributed by atoms with van der Waals surface area (Å²) in [5.74, 6) is -0.935. The van der Waals surface area contributed by atoms with Crippen molar-refractivity contribution in [1.82, 2.24) is 0 Å². The second-order valence-electron chi connectivity index (χ2n) is 4.81. The van der Waals surface area contributed by atoms with Crippen LogP contribution in [0.3, 0.4) is 0 Å². The van der Waals surface area contributed by atoms with Crippen molar-refractivity contribution in [2.45, 2.75) is 13.3 Å². The Morgan fingerprint density at radius 3 is 2.52 bits per heavy atom. The van der Waals surface area contributed by atoms with Crippen molar-refractivity contribution in [1.29, 1.82) is 0 Å². The molecule has 0 atom stereocenters. The van der Waals surface area contributed by atoms with Crippen LogP contribution in [0, 0.1) is 18.6 Å². The lowest BCUT2D eigenvalue weighted by atomic mass is 10.1. The van der Waals surface area contributed by atoms with Gasteiger partial charge in [-0.15, -0.1) is 0 Å². The fourth-order valence-electron chi connectivity index (χ4n) is 2.11. The van der Waals surface area contributed by atoms with E-state index in [1.54, 1.807) is 6.07 Å². The van der Waals surface area contributed by atoms with E-state index in [-0.39, 0.29) is 27.9 Å². The van der Waals surface area contributed by atoms with E-state index in [1.807, 2.05) is 6.92 Å². The summed E-state index contributed by atoms with van der Waals surface area (Å²) < 4.78 is 27.0. The first-order valence-corrected chi connectivity index (χ1v) is 6.79. The Labute approximate surface area is 126 Å². The van der Waals surface area contributed by atoms with Gasteiger partial charge in [0.2, 0.25) is 0 Å². The molecule has 2 aromatic carbocycles. The van der Waals surface area contributed by atoms with Crippen molar-refractivity contribution in [3.63, 3.8) is 0 Å². The molecule has 0 aliphatic carbocycles. The van der Waals surface area contributed by atoms with Crippen LogP contribution in [0.2, 0.25) is 5.02 Å². The minimum absolute atomic E-state index is 0.103. The Morgan fingerprint density at radius 1 is 1.14 bits per heavy atom. The van der Waals surface area contributed by atoms with Crippen molar-refractivity contribution in [3.8, 4) is 0 Å². The quantitative estimate of drug-likeness (QED) is 0.754. The molecular weight excluding hydrogens is 296 g/mol. The molecule has 112 valence electrons. The van der Waals surface area contributed by atoms with Gasteiger partial charge in [-0.05, 0) is 42.7 Å². The molecule has 0 bridgehead atoms. The van der Waals surface area contributed by atoms with E-state index in [1.165, 1.54) is 18.2 Å². The Bertz CT molecular complexity index is 674. The summed E-state index contributed by atoms with van der Waals surface area (Å²) in [6.07, 6.45) is 0.604. The average molecular weight is 312 g/mol. The van der Waals surface area contributed by atoms with E-state index < -0.39 is 5.82 Å². The molecule has 0 aliphatic rings. The summed E-state index contributed by atoms with van der Waals surface area (Å²) in [5.41, 5.74) is 13.5. The van der Waals surface area contributed by atoms with E-state index >= 15 is 0 Å². The Balaban J connectivity index is 2.09. The van der Waals surface area contributed by atoms with Crippen molar-refractivity contribution in [2.24, 2.45) is 0 Å². The third-order valence-electron chi connectivity index (χ3n) is 3.27. The molecule has 0 saturated heterocycles. The third kappa shape index (κ3) is 3.36. The number of nitrogen functional groups attached to an aromatic ring is 2. The standard InChI is InChI=1S/C15H16ClF2N3/c1-8-6-10(17)3-2-9(8)4-5-21-15-12(20)7-11(19)13(16)14(15)18/h2-3,6-7,21H,4-5,19-20H2,1H3. The molecule has 0 spiro atoms. The molecule has 0 heterocycles. The van der Waals surface area contributed by atoms with Crippen LogP contribution in [-0.2, 0) is 6.42 Å². The zero-order valence-corrected chi connectivity index (χ0v) is 12.3. The molecule has 0 fully saturated rings. The molecule has 0 aliphatic heterocycles. The fraction of sp³-hybridized carbons (Fsp3) is 0.200. The van der Waals surface area contributed by atoms with E-state index in [2.05, 4.69) is 5.32 Å². The van der Waals surface area contributed by atoms with Gasteiger partial charge in [-0.1, -0.05) is 17.7 Å². The van der Waals surface area contributed by atoms with Gasteiger partial charge in [0.05, 0.1) is 17.1 Å². The molecule has 6 heteroatoms. The lowest BCUT2D eigenvalue weighted by molar-refractivity contribution is 0.625. The summed E-state index contributed by atoms with van der Waals surface area (Å²) in [4.78, 5) is 0. The number of nitrogens with one attached hydrogen (secondary N) is 1. The predicted molar refractivity (Wildman–Crippen MR) is 83.6 cm³/mol. The van der Waals surface area contributed by atoms with Crippen molar-refractivity contribution in [2.75, 3.05) is 23.3 Å². The zero-order valence-electron chi connectivity index (χ0n) is 11.5. The number of anilines is 3. The first-order chi connectivity index (χ1) is 9.90. The summed E-state index contributed by atoms with van der Waals surface area (Å²) >= 11 is 5.76. The highest BCUT2D eigenvalue weighted by Crippen LogP contribution is 2.33. The Kier molecular flexibility index (Phi) is 4.53. The first kappa shape index (κ1) is 15.4. The van der Waals surface area contributed by atoms with Gasteiger partial charge in [-0.3, -0.25) is 0 Å². The normalized spacial score (nSPS) is 10.7. The third-order valence-corrected chi connectivity index (χ3v) is 3.65. The van der Waals surface area contributed by atoms with E-state index in [0.717, 1.165) is 11.1 Å². The summed E-state index contributed by atoms with van der Waals surface area (Å²) in [6, 6.07) is 5.99. The highest BCUT2D eigenvalue weighted by Gasteiger charge is 2.13. The molecule has 0 unspecified atom stereocenters. The smallest absolute Gasteiger partial charge is 0.169 e. The second kappa shape index (κ2) is 6.18. The number of halogens is 3. The van der Waals surface area contributed by atoms with E-state index in [4.69, 9.17) is 23.1 Å². The molecule has 0 saturated carbocycles. The molecule has 2 rings (SSSR count). The number of aryl methyl sites for hydroxylation is 1. The number of hydrogen-bond donors (Lipinski definition) is 3. The Hall–Kier alpha value is -2.01. The SMILES string of the molecule is Cc1cc(F)ccc1CCNc1c(N)cc(N)c(Cl)c1F. The van der Waals surface area contributed by atoms with Crippen molar-refractivity contribution < 1.29 is 8.78 Å².